The zero-order valence-corrected chi connectivity index (χ0v) is 27.6. The molecule has 3 aliphatic rings. The monoisotopic (exact) mass is 631 g/mol. The second kappa shape index (κ2) is 12.5. The fourth-order valence-electron chi connectivity index (χ4n) is 7.10. The molecule has 0 unspecified atom stereocenters. The van der Waals surface area contributed by atoms with Crippen LogP contribution in [0.25, 0.3) is 0 Å². The summed E-state index contributed by atoms with van der Waals surface area (Å²) in [4.78, 5) is 42.0. The van der Waals surface area contributed by atoms with Crippen molar-refractivity contribution in [1.29, 1.82) is 0 Å². The molecule has 1 N–H and O–H groups in total. The molecule has 7 nitrogen and oxygen atoms in total. The molecule has 0 spiro atoms. The number of hydrogen-bond acceptors (Lipinski definition) is 6. The van der Waals surface area contributed by atoms with Gasteiger partial charge in [-0.1, -0.05) is 69.6 Å². The van der Waals surface area contributed by atoms with Crippen molar-refractivity contribution < 1.29 is 29.0 Å². The lowest BCUT2D eigenvalue weighted by molar-refractivity contribution is -0.137. The quantitative estimate of drug-likeness (QED) is 0.267. The van der Waals surface area contributed by atoms with Crippen molar-refractivity contribution in [2.45, 2.75) is 78.7 Å². The van der Waals surface area contributed by atoms with Crippen LogP contribution in [0.4, 0.5) is 0 Å². The third-order valence-corrected chi connectivity index (χ3v) is 9.34. The van der Waals surface area contributed by atoms with Crippen LogP contribution in [0.3, 0.4) is 0 Å². The largest absolute Gasteiger partial charge is 0.493 e. The highest BCUT2D eigenvalue weighted by atomic mass is 35.5. The normalized spacial score (nSPS) is 19.3. The van der Waals surface area contributed by atoms with Crippen molar-refractivity contribution in [1.82, 2.24) is 4.90 Å². The molecule has 8 heteroatoms. The highest BCUT2D eigenvalue weighted by Gasteiger charge is 2.49. The zero-order valence-electron chi connectivity index (χ0n) is 26.8. The smallest absolute Gasteiger partial charge is 0.305 e. The Labute approximate surface area is 270 Å². The van der Waals surface area contributed by atoms with Gasteiger partial charge in [0, 0.05) is 64.0 Å². The van der Waals surface area contributed by atoms with Crippen LogP contribution >= 0.6 is 11.6 Å². The Morgan fingerprint density at radius 2 is 1.60 bits per heavy atom. The minimum absolute atomic E-state index is 0.0148. The van der Waals surface area contributed by atoms with Crippen molar-refractivity contribution in [3.05, 3.63) is 93.3 Å². The number of carboxylic acids is 1. The maximum absolute atomic E-state index is 14.1. The lowest BCUT2D eigenvalue weighted by Gasteiger charge is -2.49. The molecule has 0 saturated carbocycles. The molecule has 1 heterocycles. The Balaban J connectivity index is 1.71. The van der Waals surface area contributed by atoms with E-state index in [-0.39, 0.29) is 42.0 Å². The van der Waals surface area contributed by atoms with Crippen LogP contribution in [0.2, 0.25) is 5.02 Å². The van der Waals surface area contributed by atoms with Crippen LogP contribution < -0.4 is 9.47 Å². The number of aliphatic carboxylic acids is 1. The molecule has 0 aromatic heterocycles. The predicted molar refractivity (Wildman–Crippen MR) is 174 cm³/mol. The van der Waals surface area contributed by atoms with E-state index in [0.717, 1.165) is 28.1 Å². The van der Waals surface area contributed by atoms with Crippen molar-refractivity contribution in [2.24, 2.45) is 10.8 Å². The van der Waals surface area contributed by atoms with E-state index in [9.17, 15) is 19.5 Å². The van der Waals surface area contributed by atoms with E-state index in [1.807, 2.05) is 41.3 Å². The van der Waals surface area contributed by atoms with Gasteiger partial charge in [-0.05, 0) is 47.8 Å². The van der Waals surface area contributed by atoms with E-state index in [1.165, 1.54) is 0 Å². The van der Waals surface area contributed by atoms with Gasteiger partial charge in [0.05, 0.1) is 13.5 Å². The maximum Gasteiger partial charge on any atom is 0.305 e. The standard InChI is InChI=1S/C37H42ClNO6/c1-7-10-22-15-24(16-30(44-6)35(22)45-21-23-11-8-9-12-25(23)38)32-33-26(17-36(2,3)19-28(33)40)39(14-13-31(42)43)27-18-37(4,5)20-29(41)34(27)32/h7-9,11-12,15-16,32H,1,10,13-14,17-21H2,2-6H3,(H,42,43). The van der Waals surface area contributed by atoms with Gasteiger partial charge < -0.3 is 19.5 Å². The van der Waals surface area contributed by atoms with Crippen LogP contribution in [0.1, 0.15) is 82.4 Å². The van der Waals surface area contributed by atoms with E-state index in [1.54, 1.807) is 13.2 Å². The first-order valence-corrected chi connectivity index (χ1v) is 15.8. The minimum Gasteiger partial charge on any atom is -0.493 e. The van der Waals surface area contributed by atoms with Gasteiger partial charge in [0.15, 0.2) is 23.1 Å². The molecule has 0 fully saturated rings. The Morgan fingerprint density at radius 1 is 1.00 bits per heavy atom. The molecule has 2 aliphatic carbocycles. The van der Waals surface area contributed by atoms with Gasteiger partial charge in [-0.3, -0.25) is 14.4 Å². The molecule has 0 radical (unpaired) electrons. The Bertz CT molecular complexity index is 1580. The number of Topliss-reactive ketones (excluding diaryl/α,β-unsaturated/α-hetero) is 2. The summed E-state index contributed by atoms with van der Waals surface area (Å²) in [6.07, 6.45) is 4.04. The fraction of sp³-hybridized carbons (Fsp3) is 0.432. The van der Waals surface area contributed by atoms with Crippen LogP contribution in [0.5, 0.6) is 11.5 Å². The molecule has 2 aromatic carbocycles. The highest BCUT2D eigenvalue weighted by Crippen LogP contribution is 2.55. The Kier molecular flexibility index (Phi) is 9.05. The molecule has 1 aliphatic heterocycles. The average molecular weight is 632 g/mol. The maximum atomic E-state index is 14.1. The minimum atomic E-state index is -0.921. The second-order valence-corrected chi connectivity index (χ2v) is 14.3. The first kappa shape index (κ1) is 32.6. The lowest BCUT2D eigenvalue weighted by atomic mass is 9.63. The van der Waals surface area contributed by atoms with Crippen molar-refractivity contribution >= 4 is 29.1 Å². The van der Waals surface area contributed by atoms with Crippen molar-refractivity contribution in [3.8, 4) is 11.5 Å². The predicted octanol–water partition coefficient (Wildman–Crippen LogP) is 7.82. The number of carboxylic acid groups (broad SMARTS) is 1. The molecular weight excluding hydrogens is 590 g/mol. The summed E-state index contributed by atoms with van der Waals surface area (Å²) in [6.45, 7) is 12.6. The van der Waals surface area contributed by atoms with Gasteiger partial charge in [0.2, 0.25) is 0 Å². The molecule has 0 amide bonds. The molecule has 238 valence electrons. The number of methoxy groups -OCH3 is 1. The number of carbonyl (C=O) groups is 3. The summed E-state index contributed by atoms with van der Waals surface area (Å²) in [5, 5.41) is 10.2. The van der Waals surface area contributed by atoms with Crippen LogP contribution in [-0.2, 0) is 27.4 Å². The van der Waals surface area contributed by atoms with Crippen molar-refractivity contribution in [2.75, 3.05) is 13.7 Å². The van der Waals surface area contributed by atoms with E-state index in [2.05, 4.69) is 34.3 Å². The number of nitrogens with zero attached hydrogens (tertiary/aromatic N) is 1. The van der Waals surface area contributed by atoms with Gasteiger partial charge in [-0.15, -0.1) is 6.58 Å². The van der Waals surface area contributed by atoms with E-state index in [0.29, 0.717) is 59.8 Å². The number of hydrogen-bond donors (Lipinski definition) is 1. The number of ether oxygens (including phenoxy) is 2. The van der Waals surface area contributed by atoms with Gasteiger partial charge in [-0.2, -0.15) is 0 Å². The fourth-order valence-corrected chi connectivity index (χ4v) is 7.29. The van der Waals surface area contributed by atoms with Gasteiger partial charge in [0.1, 0.15) is 6.61 Å². The van der Waals surface area contributed by atoms with Crippen LogP contribution in [0.15, 0.2) is 71.6 Å². The van der Waals surface area contributed by atoms with Crippen LogP contribution in [-0.4, -0.2) is 41.2 Å². The molecular formula is C37H42ClNO6. The molecule has 45 heavy (non-hydrogen) atoms. The summed E-state index contributed by atoms with van der Waals surface area (Å²) in [5.74, 6) is -0.511. The summed E-state index contributed by atoms with van der Waals surface area (Å²) in [5.41, 5.74) is 4.63. The topological polar surface area (TPSA) is 93.1 Å². The summed E-state index contributed by atoms with van der Waals surface area (Å²) in [6, 6.07) is 11.4. The van der Waals surface area contributed by atoms with E-state index < -0.39 is 11.9 Å². The van der Waals surface area contributed by atoms with Crippen molar-refractivity contribution in [3.63, 3.8) is 0 Å². The van der Waals surface area contributed by atoms with Crippen LogP contribution in [0, 0.1) is 10.8 Å². The second-order valence-electron chi connectivity index (χ2n) is 13.9. The number of halogens is 1. The SMILES string of the molecule is C=CCc1cc(C2C3=C(CC(C)(C)CC3=O)N(CCC(=O)O)C3=C2C(=O)CC(C)(C)C3)cc(OC)c1OCc1ccccc1Cl. The zero-order chi connectivity index (χ0) is 32.7. The molecule has 0 bridgehead atoms. The Morgan fingerprint density at radius 3 is 2.13 bits per heavy atom. The first-order chi connectivity index (χ1) is 21.2. The van der Waals surface area contributed by atoms with E-state index in [4.69, 9.17) is 21.1 Å². The number of allylic oxidation sites excluding steroid dienone is 5. The molecule has 2 aromatic rings. The summed E-state index contributed by atoms with van der Waals surface area (Å²) in [7, 11) is 1.58. The number of rotatable bonds is 10. The molecule has 0 atom stereocenters. The van der Waals surface area contributed by atoms with E-state index >= 15 is 0 Å². The van der Waals surface area contributed by atoms with Gasteiger partial charge in [-0.25, -0.2) is 0 Å². The Hall–Kier alpha value is -3.84. The average Bonchev–Trinajstić information content (AvgIpc) is 2.94. The first-order valence-electron chi connectivity index (χ1n) is 15.4. The summed E-state index contributed by atoms with van der Waals surface area (Å²) < 4.78 is 12.2. The lowest BCUT2D eigenvalue weighted by Crippen LogP contribution is -2.45. The third-order valence-electron chi connectivity index (χ3n) is 8.97. The number of ketones is 2. The number of carbonyl (C=O) groups excluding carboxylic acids is 2. The molecule has 0 saturated heterocycles. The molecule has 5 rings (SSSR count). The van der Waals surface area contributed by atoms with Gasteiger partial charge >= 0.3 is 5.97 Å². The third kappa shape index (κ3) is 6.60. The number of benzene rings is 2. The summed E-state index contributed by atoms with van der Waals surface area (Å²) >= 11 is 6.40. The highest BCUT2D eigenvalue weighted by molar-refractivity contribution is 6.31. The van der Waals surface area contributed by atoms with Gasteiger partial charge in [0.25, 0.3) is 0 Å².